The van der Waals surface area contributed by atoms with Crippen molar-refractivity contribution in [1.82, 2.24) is 15.1 Å². The average Bonchev–Trinajstić information content (AvgIpc) is 2.63. The van der Waals surface area contributed by atoms with Gasteiger partial charge in [0.2, 0.25) is 0 Å². The van der Waals surface area contributed by atoms with Crippen LogP contribution in [0, 0.1) is 0 Å². The van der Waals surface area contributed by atoms with Gasteiger partial charge in [-0.1, -0.05) is 31.9 Å². The average molecular weight is 258 g/mol. The summed E-state index contributed by atoms with van der Waals surface area (Å²) in [6.07, 6.45) is 7.50. The van der Waals surface area contributed by atoms with Crippen LogP contribution in [0.1, 0.15) is 45.2 Å². The van der Waals surface area contributed by atoms with E-state index in [0.717, 1.165) is 30.1 Å². The minimum absolute atomic E-state index is 0.603. The van der Waals surface area contributed by atoms with Crippen molar-refractivity contribution in [3.05, 3.63) is 16.9 Å². The van der Waals surface area contributed by atoms with Crippen LogP contribution in [0.15, 0.2) is 6.20 Å². The van der Waals surface area contributed by atoms with E-state index in [4.69, 9.17) is 11.6 Å². The van der Waals surface area contributed by atoms with E-state index < -0.39 is 0 Å². The third-order valence-electron chi connectivity index (χ3n) is 3.06. The lowest BCUT2D eigenvalue weighted by atomic mass is 10.0. The SMILES string of the molecule is CCCNC(CCC)CCc1c(Cl)cnn1C. The highest BCUT2D eigenvalue weighted by Crippen LogP contribution is 2.17. The van der Waals surface area contributed by atoms with E-state index in [9.17, 15) is 0 Å². The van der Waals surface area contributed by atoms with Crippen LogP contribution in [0.2, 0.25) is 5.02 Å². The molecule has 0 amide bonds. The molecule has 0 aliphatic heterocycles. The van der Waals surface area contributed by atoms with E-state index in [-0.39, 0.29) is 0 Å². The Hall–Kier alpha value is -0.540. The molecule has 0 aromatic carbocycles. The van der Waals surface area contributed by atoms with E-state index in [1.54, 1.807) is 6.20 Å². The van der Waals surface area contributed by atoms with Gasteiger partial charge in [-0.3, -0.25) is 4.68 Å². The maximum atomic E-state index is 6.11. The molecule has 17 heavy (non-hydrogen) atoms. The fraction of sp³-hybridized carbons (Fsp3) is 0.769. The molecule has 1 rings (SSSR count). The second kappa shape index (κ2) is 7.72. The van der Waals surface area contributed by atoms with Crippen molar-refractivity contribution in [1.29, 1.82) is 0 Å². The lowest BCUT2D eigenvalue weighted by molar-refractivity contribution is 0.444. The van der Waals surface area contributed by atoms with E-state index in [2.05, 4.69) is 24.3 Å². The van der Waals surface area contributed by atoms with Crippen LogP contribution in [0.25, 0.3) is 0 Å². The second-order valence-electron chi connectivity index (χ2n) is 4.54. The van der Waals surface area contributed by atoms with E-state index in [1.165, 1.54) is 19.3 Å². The van der Waals surface area contributed by atoms with Gasteiger partial charge in [0.1, 0.15) is 0 Å². The molecule has 0 aliphatic rings. The van der Waals surface area contributed by atoms with Gasteiger partial charge in [-0.25, -0.2) is 0 Å². The van der Waals surface area contributed by atoms with Gasteiger partial charge >= 0.3 is 0 Å². The monoisotopic (exact) mass is 257 g/mol. The molecule has 1 atom stereocenters. The first-order chi connectivity index (χ1) is 8.19. The van der Waals surface area contributed by atoms with E-state index >= 15 is 0 Å². The standard InChI is InChI=1S/C13H24ClN3/c1-4-6-11(15-9-5-2)7-8-13-12(14)10-16-17(13)3/h10-11,15H,4-9H2,1-3H3. The third-order valence-corrected chi connectivity index (χ3v) is 3.38. The zero-order chi connectivity index (χ0) is 12.7. The lowest BCUT2D eigenvalue weighted by Crippen LogP contribution is -2.30. The Balaban J connectivity index is 2.45. The first-order valence-corrected chi connectivity index (χ1v) is 6.96. The normalized spacial score (nSPS) is 12.9. The van der Waals surface area contributed by atoms with Gasteiger partial charge in [-0.05, 0) is 32.2 Å². The van der Waals surface area contributed by atoms with Crippen molar-refractivity contribution in [2.75, 3.05) is 6.54 Å². The molecular formula is C13H24ClN3. The van der Waals surface area contributed by atoms with Crippen LogP contribution in [-0.4, -0.2) is 22.4 Å². The Morgan fingerprint density at radius 1 is 1.35 bits per heavy atom. The lowest BCUT2D eigenvalue weighted by Gasteiger charge is -2.17. The molecule has 1 N–H and O–H groups in total. The highest BCUT2D eigenvalue weighted by Gasteiger charge is 2.11. The molecule has 1 unspecified atom stereocenters. The molecule has 0 spiro atoms. The van der Waals surface area contributed by atoms with Crippen molar-refractivity contribution >= 4 is 11.6 Å². The van der Waals surface area contributed by atoms with Gasteiger partial charge in [0.25, 0.3) is 0 Å². The topological polar surface area (TPSA) is 29.9 Å². The first-order valence-electron chi connectivity index (χ1n) is 6.58. The highest BCUT2D eigenvalue weighted by molar-refractivity contribution is 6.31. The van der Waals surface area contributed by atoms with Gasteiger partial charge < -0.3 is 5.32 Å². The number of rotatable bonds is 8. The summed E-state index contributed by atoms with van der Waals surface area (Å²) >= 11 is 6.11. The first kappa shape index (κ1) is 14.5. The fourth-order valence-electron chi connectivity index (χ4n) is 2.07. The molecule has 0 aliphatic carbocycles. The quantitative estimate of drug-likeness (QED) is 0.775. The maximum absolute atomic E-state index is 6.11. The van der Waals surface area contributed by atoms with Crippen LogP contribution in [-0.2, 0) is 13.5 Å². The summed E-state index contributed by atoms with van der Waals surface area (Å²) in [4.78, 5) is 0. The van der Waals surface area contributed by atoms with E-state index in [1.807, 2.05) is 11.7 Å². The van der Waals surface area contributed by atoms with E-state index in [0.29, 0.717) is 6.04 Å². The van der Waals surface area contributed by atoms with Crippen LogP contribution < -0.4 is 5.32 Å². The second-order valence-corrected chi connectivity index (χ2v) is 4.95. The van der Waals surface area contributed by atoms with Gasteiger partial charge in [0, 0.05) is 13.1 Å². The molecular weight excluding hydrogens is 234 g/mol. The number of aromatic nitrogens is 2. The minimum Gasteiger partial charge on any atom is -0.314 e. The van der Waals surface area contributed by atoms with Crippen LogP contribution in [0.4, 0.5) is 0 Å². The predicted molar refractivity (Wildman–Crippen MR) is 73.5 cm³/mol. The molecule has 1 heterocycles. The zero-order valence-corrected chi connectivity index (χ0v) is 11.9. The molecule has 1 aromatic rings. The molecule has 4 heteroatoms. The molecule has 0 saturated carbocycles. The van der Waals surface area contributed by atoms with Crippen molar-refractivity contribution in [3.8, 4) is 0 Å². The number of halogens is 1. The summed E-state index contributed by atoms with van der Waals surface area (Å²) in [5.74, 6) is 0. The molecule has 0 fully saturated rings. The Kier molecular flexibility index (Phi) is 6.60. The Bertz CT molecular complexity index is 303. The minimum atomic E-state index is 0.603. The Labute approximate surface area is 110 Å². The number of nitrogens with one attached hydrogen (secondary N) is 1. The van der Waals surface area contributed by atoms with Gasteiger partial charge in [0.05, 0.1) is 16.9 Å². The summed E-state index contributed by atoms with van der Waals surface area (Å²) in [6.45, 7) is 5.54. The molecule has 0 saturated heterocycles. The maximum Gasteiger partial charge on any atom is 0.0817 e. The predicted octanol–water partition coefficient (Wildman–Crippen LogP) is 3.17. The van der Waals surface area contributed by atoms with Crippen molar-refractivity contribution in [2.45, 2.75) is 52.0 Å². The highest BCUT2D eigenvalue weighted by atomic mass is 35.5. The van der Waals surface area contributed by atoms with Gasteiger partial charge in [0.15, 0.2) is 0 Å². The molecule has 0 bridgehead atoms. The molecule has 98 valence electrons. The Morgan fingerprint density at radius 2 is 2.12 bits per heavy atom. The summed E-state index contributed by atoms with van der Waals surface area (Å²) in [5, 5.41) is 8.56. The van der Waals surface area contributed by atoms with Crippen molar-refractivity contribution < 1.29 is 0 Å². The molecule has 1 aromatic heterocycles. The Morgan fingerprint density at radius 3 is 2.65 bits per heavy atom. The van der Waals surface area contributed by atoms with Crippen molar-refractivity contribution in [2.24, 2.45) is 7.05 Å². The smallest absolute Gasteiger partial charge is 0.0817 e. The summed E-state index contributed by atoms with van der Waals surface area (Å²) in [7, 11) is 1.95. The number of hydrogen-bond donors (Lipinski definition) is 1. The van der Waals surface area contributed by atoms with Crippen molar-refractivity contribution in [3.63, 3.8) is 0 Å². The summed E-state index contributed by atoms with van der Waals surface area (Å²) in [5.41, 5.74) is 1.14. The largest absolute Gasteiger partial charge is 0.314 e. The fourth-order valence-corrected chi connectivity index (χ4v) is 2.33. The van der Waals surface area contributed by atoms with Crippen LogP contribution >= 0.6 is 11.6 Å². The van der Waals surface area contributed by atoms with Crippen LogP contribution in [0.5, 0.6) is 0 Å². The van der Waals surface area contributed by atoms with Crippen LogP contribution in [0.3, 0.4) is 0 Å². The summed E-state index contributed by atoms with van der Waals surface area (Å²) < 4.78 is 1.88. The molecule has 0 radical (unpaired) electrons. The number of nitrogens with zero attached hydrogens (tertiary/aromatic N) is 2. The summed E-state index contributed by atoms with van der Waals surface area (Å²) in [6, 6.07) is 0.603. The number of aryl methyl sites for hydroxylation is 1. The van der Waals surface area contributed by atoms with Gasteiger partial charge in [-0.15, -0.1) is 0 Å². The third kappa shape index (κ3) is 4.68. The zero-order valence-electron chi connectivity index (χ0n) is 11.2. The van der Waals surface area contributed by atoms with Gasteiger partial charge in [-0.2, -0.15) is 5.10 Å². The molecule has 3 nitrogen and oxygen atoms in total. The number of hydrogen-bond acceptors (Lipinski definition) is 2.